The Kier molecular flexibility index (Phi) is 5.07. The van der Waals surface area contributed by atoms with Gasteiger partial charge in [0.05, 0.1) is 0 Å². The third-order valence-corrected chi connectivity index (χ3v) is 3.70. The summed E-state index contributed by atoms with van der Waals surface area (Å²) in [4.78, 5) is 4.52. The molecule has 0 aliphatic heterocycles. The number of amidine groups is 1. The van der Waals surface area contributed by atoms with Gasteiger partial charge in [0.1, 0.15) is 0 Å². The second-order valence-corrected chi connectivity index (χ2v) is 5.70. The molecular formula is C21H22N2. The Morgan fingerprint density at radius 3 is 1.61 bits per heavy atom. The fourth-order valence-electron chi connectivity index (χ4n) is 2.52. The molecule has 0 aromatic heterocycles. The lowest BCUT2D eigenvalue weighted by atomic mass is 9.98. The fourth-order valence-corrected chi connectivity index (χ4v) is 2.52. The molecule has 23 heavy (non-hydrogen) atoms. The zero-order valence-corrected chi connectivity index (χ0v) is 14.0. The number of benzene rings is 2. The minimum Gasteiger partial charge on any atom is -0.282 e. The zero-order valence-electron chi connectivity index (χ0n) is 14.0. The minimum atomic E-state index is 0.248. The van der Waals surface area contributed by atoms with Crippen LogP contribution in [0.25, 0.3) is 11.1 Å². The molecule has 0 amide bonds. The Morgan fingerprint density at radius 2 is 1.13 bits per heavy atom. The van der Waals surface area contributed by atoms with Gasteiger partial charge in [-0.15, -0.1) is 0 Å². The third-order valence-electron chi connectivity index (χ3n) is 3.70. The van der Waals surface area contributed by atoms with Gasteiger partial charge >= 0.3 is 0 Å². The lowest BCUT2D eigenvalue weighted by molar-refractivity contribution is 1.39. The average molecular weight is 302 g/mol. The fraction of sp³-hybridized carbons (Fsp3) is 0.143. The highest BCUT2D eigenvalue weighted by Gasteiger charge is 2.10. The number of nitrogens with zero attached hydrogens (tertiary/aromatic N) is 1. The zero-order chi connectivity index (χ0) is 17.0. The topological polar surface area (TPSA) is 36.2 Å². The van der Waals surface area contributed by atoms with E-state index in [9.17, 15) is 0 Å². The van der Waals surface area contributed by atoms with Crippen molar-refractivity contribution in [2.45, 2.75) is 20.8 Å². The maximum atomic E-state index is 8.37. The van der Waals surface area contributed by atoms with Crippen LogP contribution in [0.15, 0.2) is 66.7 Å². The van der Waals surface area contributed by atoms with E-state index in [0.29, 0.717) is 0 Å². The van der Waals surface area contributed by atoms with Crippen molar-refractivity contribution in [2.24, 2.45) is 4.99 Å². The van der Waals surface area contributed by atoms with Gasteiger partial charge in [-0.3, -0.25) is 5.41 Å². The maximum Gasteiger partial charge on any atom is 0.152 e. The number of rotatable bonds is 4. The summed E-state index contributed by atoms with van der Waals surface area (Å²) in [7, 11) is 0. The SMILES string of the molecule is C=C(C)c1ccccc1C(=N)N=C(C)c1ccccc1C(=C)C. The molecule has 2 heteroatoms. The van der Waals surface area contributed by atoms with E-state index in [-0.39, 0.29) is 5.84 Å². The predicted octanol–water partition coefficient (Wildman–Crippen LogP) is 5.59. The van der Waals surface area contributed by atoms with Gasteiger partial charge in [0.2, 0.25) is 0 Å². The maximum absolute atomic E-state index is 8.37. The predicted molar refractivity (Wildman–Crippen MR) is 101 cm³/mol. The monoisotopic (exact) mass is 302 g/mol. The van der Waals surface area contributed by atoms with Crippen molar-refractivity contribution < 1.29 is 0 Å². The van der Waals surface area contributed by atoms with Crippen LogP contribution in [0.1, 0.15) is 43.0 Å². The summed E-state index contributed by atoms with van der Waals surface area (Å²) in [6, 6.07) is 15.8. The largest absolute Gasteiger partial charge is 0.282 e. The molecule has 0 aliphatic carbocycles. The van der Waals surface area contributed by atoms with Gasteiger partial charge in [0.25, 0.3) is 0 Å². The van der Waals surface area contributed by atoms with Crippen molar-refractivity contribution in [1.82, 2.24) is 0 Å². The van der Waals surface area contributed by atoms with Crippen LogP contribution in [-0.2, 0) is 0 Å². The van der Waals surface area contributed by atoms with E-state index in [1.165, 1.54) is 0 Å². The molecule has 1 N–H and O–H groups in total. The Labute approximate surface area is 138 Å². The number of aliphatic imine (C=N–C) groups is 1. The first-order valence-electron chi connectivity index (χ1n) is 7.56. The molecule has 0 fully saturated rings. The van der Waals surface area contributed by atoms with E-state index < -0.39 is 0 Å². The van der Waals surface area contributed by atoms with Crippen molar-refractivity contribution in [2.75, 3.05) is 0 Å². The Bertz CT molecular complexity index is 810. The Morgan fingerprint density at radius 1 is 0.739 bits per heavy atom. The van der Waals surface area contributed by atoms with E-state index in [4.69, 9.17) is 5.41 Å². The molecular weight excluding hydrogens is 280 g/mol. The minimum absolute atomic E-state index is 0.248. The summed E-state index contributed by atoms with van der Waals surface area (Å²) in [5, 5.41) is 8.37. The molecule has 2 aromatic rings. The van der Waals surface area contributed by atoms with E-state index >= 15 is 0 Å². The van der Waals surface area contributed by atoms with Crippen LogP contribution in [0.4, 0.5) is 0 Å². The number of hydrogen-bond donors (Lipinski definition) is 1. The lowest BCUT2D eigenvalue weighted by Crippen LogP contribution is -2.06. The summed E-state index contributed by atoms with van der Waals surface area (Å²) >= 11 is 0. The Balaban J connectivity index is 2.45. The lowest BCUT2D eigenvalue weighted by Gasteiger charge is -2.11. The molecule has 0 heterocycles. The summed E-state index contributed by atoms with van der Waals surface area (Å²) in [6.07, 6.45) is 0. The number of nitrogens with one attached hydrogen (secondary N) is 1. The summed E-state index contributed by atoms with van der Waals surface area (Å²) in [5.41, 5.74) is 6.57. The normalized spacial score (nSPS) is 11.2. The van der Waals surface area contributed by atoms with Gasteiger partial charge in [-0.05, 0) is 31.9 Å². The van der Waals surface area contributed by atoms with Crippen molar-refractivity contribution in [1.29, 1.82) is 5.41 Å². The van der Waals surface area contributed by atoms with E-state index in [1.807, 2.05) is 69.3 Å². The molecule has 0 spiro atoms. The first kappa shape index (κ1) is 16.6. The average Bonchev–Trinajstić information content (AvgIpc) is 2.54. The first-order chi connectivity index (χ1) is 10.9. The number of allylic oxidation sites excluding steroid dienone is 2. The summed E-state index contributed by atoms with van der Waals surface area (Å²) < 4.78 is 0. The van der Waals surface area contributed by atoms with E-state index in [0.717, 1.165) is 39.1 Å². The highest BCUT2D eigenvalue weighted by Crippen LogP contribution is 2.20. The highest BCUT2D eigenvalue weighted by atomic mass is 14.8. The summed E-state index contributed by atoms with van der Waals surface area (Å²) in [5.74, 6) is 0.248. The molecule has 0 saturated carbocycles. The van der Waals surface area contributed by atoms with E-state index in [1.54, 1.807) is 0 Å². The van der Waals surface area contributed by atoms with Crippen LogP contribution in [0, 0.1) is 5.41 Å². The third kappa shape index (κ3) is 3.72. The first-order valence-corrected chi connectivity index (χ1v) is 7.56. The van der Waals surface area contributed by atoms with Crippen LogP contribution in [0.5, 0.6) is 0 Å². The van der Waals surface area contributed by atoms with Crippen LogP contribution >= 0.6 is 0 Å². The quantitative estimate of drug-likeness (QED) is 0.565. The molecule has 2 aromatic carbocycles. The highest BCUT2D eigenvalue weighted by molar-refractivity contribution is 6.13. The molecule has 0 atom stereocenters. The molecule has 0 aliphatic rings. The number of hydrogen-bond acceptors (Lipinski definition) is 1. The van der Waals surface area contributed by atoms with Crippen LogP contribution in [0.2, 0.25) is 0 Å². The van der Waals surface area contributed by atoms with Crippen molar-refractivity contribution >= 4 is 22.7 Å². The molecule has 2 nitrogen and oxygen atoms in total. The smallest absolute Gasteiger partial charge is 0.152 e. The van der Waals surface area contributed by atoms with E-state index in [2.05, 4.69) is 18.2 Å². The molecule has 0 saturated heterocycles. The second-order valence-electron chi connectivity index (χ2n) is 5.70. The standard InChI is InChI=1S/C21H22N2/c1-14(2)17-10-6-8-12-19(17)16(5)23-21(22)20-13-9-7-11-18(20)15(3)4/h6-13,22H,1,3H2,2,4-5H3. The van der Waals surface area contributed by atoms with Gasteiger partial charge < -0.3 is 0 Å². The second kappa shape index (κ2) is 7.01. The summed E-state index contributed by atoms with van der Waals surface area (Å²) in [6.45, 7) is 13.9. The van der Waals surface area contributed by atoms with Gasteiger partial charge in [-0.2, -0.15) is 0 Å². The Hall–Kier alpha value is -2.74. The van der Waals surface area contributed by atoms with Crippen LogP contribution < -0.4 is 0 Å². The van der Waals surface area contributed by atoms with Gasteiger partial charge in [0.15, 0.2) is 5.84 Å². The molecule has 0 radical (unpaired) electrons. The molecule has 0 unspecified atom stereocenters. The molecule has 0 bridgehead atoms. The van der Waals surface area contributed by atoms with Crippen molar-refractivity contribution in [3.8, 4) is 0 Å². The van der Waals surface area contributed by atoms with Gasteiger partial charge in [0, 0.05) is 16.8 Å². The molecule has 2 rings (SSSR count). The van der Waals surface area contributed by atoms with Crippen LogP contribution in [-0.4, -0.2) is 11.5 Å². The van der Waals surface area contributed by atoms with Crippen molar-refractivity contribution in [3.05, 3.63) is 83.9 Å². The molecule has 116 valence electrons. The van der Waals surface area contributed by atoms with Crippen LogP contribution in [0.3, 0.4) is 0 Å². The van der Waals surface area contributed by atoms with Gasteiger partial charge in [-0.25, -0.2) is 4.99 Å². The van der Waals surface area contributed by atoms with Gasteiger partial charge in [-0.1, -0.05) is 72.8 Å². The van der Waals surface area contributed by atoms with Crippen molar-refractivity contribution in [3.63, 3.8) is 0 Å².